The van der Waals surface area contributed by atoms with Gasteiger partial charge in [0.1, 0.15) is 0 Å². The maximum absolute atomic E-state index is 11.9. The van der Waals surface area contributed by atoms with Gasteiger partial charge >= 0.3 is 0 Å². The zero-order valence-electron chi connectivity index (χ0n) is 14.1. The molecule has 2 aromatic rings. The Morgan fingerprint density at radius 3 is 2.40 bits per heavy atom. The summed E-state index contributed by atoms with van der Waals surface area (Å²) in [4.78, 5) is 11.7. The lowest BCUT2D eigenvalue weighted by atomic mass is 10.1. The van der Waals surface area contributed by atoms with E-state index in [2.05, 4.69) is 10.0 Å². The third-order valence-corrected chi connectivity index (χ3v) is 4.84. The van der Waals surface area contributed by atoms with Crippen LogP contribution in [0.2, 0.25) is 0 Å². The Kier molecular flexibility index (Phi) is 6.91. The molecular weight excluding hydrogens is 336 g/mol. The summed E-state index contributed by atoms with van der Waals surface area (Å²) in [6.07, 6.45) is 3.09. The third kappa shape index (κ3) is 7.32. The number of nitrogens with one attached hydrogen (secondary N) is 2. The van der Waals surface area contributed by atoms with Crippen LogP contribution in [0.3, 0.4) is 0 Å². The van der Waals surface area contributed by atoms with E-state index in [4.69, 9.17) is 0 Å². The van der Waals surface area contributed by atoms with Crippen LogP contribution in [0.5, 0.6) is 0 Å². The summed E-state index contributed by atoms with van der Waals surface area (Å²) in [6, 6.07) is 17.0. The summed E-state index contributed by atoms with van der Waals surface area (Å²) in [5.41, 5.74) is 2.95. The fourth-order valence-electron chi connectivity index (χ4n) is 2.08. The van der Waals surface area contributed by atoms with Crippen molar-refractivity contribution in [2.45, 2.75) is 13.5 Å². The van der Waals surface area contributed by atoms with E-state index in [1.54, 1.807) is 6.08 Å². The highest BCUT2D eigenvalue weighted by Crippen LogP contribution is 2.04. The molecule has 0 bridgehead atoms. The molecule has 0 aliphatic rings. The van der Waals surface area contributed by atoms with Crippen molar-refractivity contribution >= 4 is 22.0 Å². The molecule has 0 unspecified atom stereocenters. The first kappa shape index (κ1) is 18.9. The van der Waals surface area contributed by atoms with Crippen LogP contribution in [0.25, 0.3) is 6.08 Å². The number of benzene rings is 2. The van der Waals surface area contributed by atoms with E-state index >= 15 is 0 Å². The van der Waals surface area contributed by atoms with Crippen LogP contribution < -0.4 is 10.0 Å². The summed E-state index contributed by atoms with van der Waals surface area (Å²) in [7, 11) is -3.44. The van der Waals surface area contributed by atoms with Crippen molar-refractivity contribution in [1.82, 2.24) is 10.0 Å². The number of sulfonamides is 1. The first-order valence-corrected chi connectivity index (χ1v) is 9.64. The summed E-state index contributed by atoms with van der Waals surface area (Å²) in [5.74, 6) is -0.483. The van der Waals surface area contributed by atoms with E-state index in [0.29, 0.717) is 0 Å². The molecule has 0 atom stereocenters. The highest BCUT2D eigenvalue weighted by Gasteiger charge is 2.10. The second kappa shape index (κ2) is 9.15. The summed E-state index contributed by atoms with van der Waals surface area (Å²) in [5, 5.41) is 2.57. The smallest absolute Gasteiger partial charge is 0.244 e. The summed E-state index contributed by atoms with van der Waals surface area (Å²) >= 11 is 0. The van der Waals surface area contributed by atoms with Gasteiger partial charge in [-0.15, -0.1) is 0 Å². The van der Waals surface area contributed by atoms with Crippen molar-refractivity contribution in [2.75, 3.05) is 12.3 Å². The zero-order chi connectivity index (χ0) is 18.1. The molecule has 6 heteroatoms. The molecule has 0 saturated heterocycles. The number of carbonyl (C=O) groups is 1. The molecule has 2 rings (SSSR count). The van der Waals surface area contributed by atoms with Crippen LogP contribution in [0.15, 0.2) is 60.7 Å². The van der Waals surface area contributed by atoms with Crippen LogP contribution in [-0.4, -0.2) is 26.6 Å². The Bertz CT molecular complexity index is 814. The van der Waals surface area contributed by atoms with Crippen LogP contribution in [0.1, 0.15) is 16.7 Å². The molecule has 1 amide bonds. The highest BCUT2D eigenvalue weighted by atomic mass is 32.2. The van der Waals surface area contributed by atoms with Crippen molar-refractivity contribution in [3.05, 3.63) is 77.4 Å². The number of carbonyl (C=O) groups excluding carboxylic acids is 1. The van der Waals surface area contributed by atoms with Crippen LogP contribution in [-0.2, 0) is 21.4 Å². The van der Waals surface area contributed by atoms with E-state index < -0.39 is 10.0 Å². The molecule has 25 heavy (non-hydrogen) atoms. The number of hydrogen-bond acceptors (Lipinski definition) is 3. The lowest BCUT2D eigenvalue weighted by molar-refractivity contribution is -0.116. The molecule has 0 aliphatic carbocycles. The van der Waals surface area contributed by atoms with Crippen molar-refractivity contribution in [2.24, 2.45) is 0 Å². The Balaban J connectivity index is 1.73. The van der Waals surface area contributed by atoms with Gasteiger partial charge in [0.05, 0.1) is 5.75 Å². The van der Waals surface area contributed by atoms with Crippen LogP contribution >= 0.6 is 0 Å². The number of rotatable bonds is 8. The van der Waals surface area contributed by atoms with Crippen LogP contribution in [0.4, 0.5) is 0 Å². The number of aryl methyl sites for hydroxylation is 1. The van der Waals surface area contributed by atoms with Gasteiger partial charge in [-0.25, -0.2) is 13.1 Å². The SMILES string of the molecule is Cc1ccc(/C=C/C(=O)NCCS(=O)(=O)NCc2ccccc2)cc1. The molecule has 5 nitrogen and oxygen atoms in total. The van der Waals surface area contributed by atoms with Gasteiger partial charge in [-0.05, 0) is 24.1 Å². The minimum Gasteiger partial charge on any atom is -0.351 e. The predicted molar refractivity (Wildman–Crippen MR) is 100 cm³/mol. The molecule has 2 N–H and O–H groups in total. The van der Waals surface area contributed by atoms with E-state index in [-0.39, 0.29) is 24.7 Å². The lowest BCUT2D eigenvalue weighted by Gasteiger charge is -2.07. The standard InChI is InChI=1S/C19H22N2O3S/c1-16-7-9-17(10-8-16)11-12-19(22)20-13-14-25(23,24)21-15-18-5-3-2-4-6-18/h2-12,21H,13-15H2,1H3,(H,20,22)/b12-11+. The first-order valence-electron chi connectivity index (χ1n) is 7.98. The average Bonchev–Trinajstić information content (AvgIpc) is 2.60. The van der Waals surface area contributed by atoms with Crippen molar-refractivity contribution in [1.29, 1.82) is 0 Å². The molecule has 0 aromatic heterocycles. The molecule has 0 radical (unpaired) electrons. The van der Waals surface area contributed by atoms with Gasteiger partial charge in [-0.2, -0.15) is 0 Å². The van der Waals surface area contributed by atoms with E-state index in [0.717, 1.165) is 16.7 Å². The molecule has 0 heterocycles. The van der Waals surface area contributed by atoms with Crippen molar-refractivity contribution in [3.8, 4) is 0 Å². The Morgan fingerprint density at radius 1 is 1.04 bits per heavy atom. The molecular formula is C19H22N2O3S. The minimum absolute atomic E-state index is 0.0567. The normalized spacial score (nSPS) is 11.6. The van der Waals surface area contributed by atoms with Crippen molar-refractivity contribution < 1.29 is 13.2 Å². The highest BCUT2D eigenvalue weighted by molar-refractivity contribution is 7.89. The number of amides is 1. The average molecular weight is 358 g/mol. The quantitative estimate of drug-likeness (QED) is 0.711. The van der Waals surface area contributed by atoms with E-state index in [9.17, 15) is 13.2 Å². The largest absolute Gasteiger partial charge is 0.351 e. The van der Waals surface area contributed by atoms with Crippen molar-refractivity contribution in [3.63, 3.8) is 0 Å². The maximum atomic E-state index is 11.9. The second-order valence-electron chi connectivity index (χ2n) is 5.66. The van der Waals surface area contributed by atoms with E-state index in [1.807, 2.05) is 61.5 Å². The summed E-state index contributed by atoms with van der Waals surface area (Å²) < 4.78 is 26.3. The van der Waals surface area contributed by atoms with E-state index in [1.165, 1.54) is 6.08 Å². The van der Waals surface area contributed by atoms with Gasteiger partial charge in [0.2, 0.25) is 15.9 Å². The first-order chi connectivity index (χ1) is 11.9. The molecule has 2 aromatic carbocycles. The third-order valence-electron chi connectivity index (χ3n) is 3.51. The summed E-state index contributed by atoms with van der Waals surface area (Å²) in [6.45, 7) is 2.29. The lowest BCUT2D eigenvalue weighted by Crippen LogP contribution is -2.33. The van der Waals surface area contributed by atoms with Gasteiger partial charge in [0.25, 0.3) is 0 Å². The van der Waals surface area contributed by atoms with Gasteiger partial charge in [-0.1, -0.05) is 60.2 Å². The molecule has 132 valence electrons. The monoisotopic (exact) mass is 358 g/mol. The fraction of sp³-hybridized carbons (Fsp3) is 0.211. The van der Waals surface area contributed by atoms with Gasteiger partial charge in [0.15, 0.2) is 0 Å². The molecule has 0 spiro atoms. The Morgan fingerprint density at radius 2 is 1.72 bits per heavy atom. The maximum Gasteiger partial charge on any atom is 0.244 e. The topological polar surface area (TPSA) is 75.3 Å². The van der Waals surface area contributed by atoms with Gasteiger partial charge in [0, 0.05) is 19.2 Å². The number of hydrogen-bond donors (Lipinski definition) is 2. The molecule has 0 aliphatic heterocycles. The predicted octanol–water partition coefficient (Wildman–Crippen LogP) is 2.24. The molecule has 0 saturated carbocycles. The Hall–Kier alpha value is -2.44. The van der Waals surface area contributed by atoms with Gasteiger partial charge in [-0.3, -0.25) is 4.79 Å². The van der Waals surface area contributed by atoms with Crippen LogP contribution in [0, 0.1) is 6.92 Å². The molecule has 0 fully saturated rings. The fourth-order valence-corrected chi connectivity index (χ4v) is 2.98. The Labute approximate surface area is 148 Å². The zero-order valence-corrected chi connectivity index (χ0v) is 14.9. The minimum atomic E-state index is -3.44. The second-order valence-corrected chi connectivity index (χ2v) is 7.59. The van der Waals surface area contributed by atoms with Gasteiger partial charge < -0.3 is 5.32 Å².